The molecule has 110 valence electrons. The van der Waals surface area contributed by atoms with Crippen molar-refractivity contribution in [2.24, 2.45) is 11.7 Å². The zero-order valence-corrected chi connectivity index (χ0v) is 12.3. The van der Waals surface area contributed by atoms with Gasteiger partial charge in [-0.1, -0.05) is 6.07 Å². The van der Waals surface area contributed by atoms with E-state index in [0.717, 1.165) is 47.8 Å². The topological polar surface area (TPSA) is 68.0 Å². The van der Waals surface area contributed by atoms with Crippen LogP contribution in [0.25, 0.3) is 10.9 Å². The van der Waals surface area contributed by atoms with Crippen molar-refractivity contribution in [3.05, 3.63) is 36.0 Å². The first-order valence-corrected chi connectivity index (χ1v) is 7.56. The molecule has 4 heteroatoms. The number of nitrogens with one attached hydrogen (secondary N) is 1. The molecule has 2 aromatic rings. The maximum Gasteiger partial charge on any atom is 0.227 e. The summed E-state index contributed by atoms with van der Waals surface area (Å²) in [5.41, 5.74) is 8.81. The normalized spacial score (nSPS) is 22.2. The number of aryl methyl sites for hydroxylation is 1. The Balaban J connectivity index is 1.82. The third kappa shape index (κ3) is 2.90. The van der Waals surface area contributed by atoms with Gasteiger partial charge in [0, 0.05) is 23.5 Å². The molecule has 0 atom stereocenters. The van der Waals surface area contributed by atoms with Crippen LogP contribution in [0.1, 0.15) is 31.2 Å². The van der Waals surface area contributed by atoms with Crippen LogP contribution in [0, 0.1) is 12.8 Å². The fourth-order valence-corrected chi connectivity index (χ4v) is 3.04. The molecular formula is C17H21N3O. The zero-order valence-electron chi connectivity index (χ0n) is 12.3. The summed E-state index contributed by atoms with van der Waals surface area (Å²) < 4.78 is 0. The standard InChI is InChI=1S/C17H21N3O/c1-11-4-9-15(14-3-2-10-19-16(11)14)20-17(21)12-5-7-13(18)8-6-12/h2-4,9-10,12-13H,5-8,18H2,1H3,(H,20,21). The minimum Gasteiger partial charge on any atom is -0.328 e. The van der Waals surface area contributed by atoms with Crippen molar-refractivity contribution < 1.29 is 4.79 Å². The Kier molecular flexibility index (Phi) is 3.88. The van der Waals surface area contributed by atoms with Crippen LogP contribution >= 0.6 is 0 Å². The quantitative estimate of drug-likeness (QED) is 0.890. The average Bonchev–Trinajstić information content (AvgIpc) is 2.51. The number of anilines is 1. The van der Waals surface area contributed by atoms with Gasteiger partial charge >= 0.3 is 0 Å². The lowest BCUT2D eigenvalue weighted by Crippen LogP contribution is -2.32. The van der Waals surface area contributed by atoms with E-state index in [2.05, 4.69) is 10.3 Å². The SMILES string of the molecule is Cc1ccc(NC(=O)C2CCC(N)CC2)c2cccnc12. The second kappa shape index (κ2) is 5.82. The maximum absolute atomic E-state index is 12.4. The molecular weight excluding hydrogens is 262 g/mol. The van der Waals surface area contributed by atoms with Crippen molar-refractivity contribution in [1.29, 1.82) is 0 Å². The molecule has 0 unspecified atom stereocenters. The minimum atomic E-state index is 0.0813. The summed E-state index contributed by atoms with van der Waals surface area (Å²) in [4.78, 5) is 16.8. The highest BCUT2D eigenvalue weighted by molar-refractivity contribution is 6.02. The molecule has 3 N–H and O–H groups in total. The number of nitrogens with zero attached hydrogens (tertiary/aromatic N) is 1. The van der Waals surface area contributed by atoms with E-state index in [1.54, 1.807) is 6.20 Å². The number of rotatable bonds is 2. The molecule has 3 rings (SSSR count). The summed E-state index contributed by atoms with van der Waals surface area (Å²) in [6.07, 6.45) is 5.43. The fourth-order valence-electron chi connectivity index (χ4n) is 3.04. The largest absolute Gasteiger partial charge is 0.328 e. The highest BCUT2D eigenvalue weighted by Gasteiger charge is 2.24. The second-order valence-electron chi connectivity index (χ2n) is 5.93. The van der Waals surface area contributed by atoms with Gasteiger partial charge in [-0.25, -0.2) is 0 Å². The van der Waals surface area contributed by atoms with E-state index < -0.39 is 0 Å². The highest BCUT2D eigenvalue weighted by Crippen LogP contribution is 2.28. The van der Waals surface area contributed by atoms with Crippen molar-refractivity contribution in [3.8, 4) is 0 Å². The lowest BCUT2D eigenvalue weighted by molar-refractivity contribution is -0.120. The van der Waals surface area contributed by atoms with E-state index in [4.69, 9.17) is 5.73 Å². The first kappa shape index (κ1) is 14.0. The number of carbonyl (C=O) groups excluding carboxylic acids is 1. The molecule has 1 heterocycles. The third-order valence-corrected chi connectivity index (χ3v) is 4.37. The minimum absolute atomic E-state index is 0.0813. The number of hydrogen-bond acceptors (Lipinski definition) is 3. The predicted molar refractivity (Wildman–Crippen MR) is 85.0 cm³/mol. The number of nitrogens with two attached hydrogens (primary N) is 1. The Hall–Kier alpha value is -1.94. The van der Waals surface area contributed by atoms with E-state index in [-0.39, 0.29) is 17.9 Å². The molecule has 0 saturated heterocycles. The van der Waals surface area contributed by atoms with Crippen LogP contribution in [0.3, 0.4) is 0 Å². The number of aromatic nitrogens is 1. The van der Waals surface area contributed by atoms with E-state index in [9.17, 15) is 4.79 Å². The lowest BCUT2D eigenvalue weighted by Gasteiger charge is -2.25. The van der Waals surface area contributed by atoms with Gasteiger partial charge in [-0.3, -0.25) is 9.78 Å². The Bertz CT molecular complexity index is 660. The lowest BCUT2D eigenvalue weighted by atomic mass is 9.86. The predicted octanol–water partition coefficient (Wildman–Crippen LogP) is 3.00. The number of benzene rings is 1. The van der Waals surface area contributed by atoms with E-state index in [0.29, 0.717) is 0 Å². The van der Waals surface area contributed by atoms with Gasteiger partial charge in [0.25, 0.3) is 0 Å². The first-order valence-electron chi connectivity index (χ1n) is 7.56. The molecule has 1 aromatic carbocycles. The summed E-state index contributed by atoms with van der Waals surface area (Å²) in [5.74, 6) is 0.189. The maximum atomic E-state index is 12.4. The first-order chi connectivity index (χ1) is 10.1. The van der Waals surface area contributed by atoms with Gasteiger partial charge in [-0.05, 0) is 56.4 Å². The fraction of sp³-hybridized carbons (Fsp3) is 0.412. The van der Waals surface area contributed by atoms with Crippen molar-refractivity contribution in [3.63, 3.8) is 0 Å². The van der Waals surface area contributed by atoms with Crippen LogP contribution in [0.4, 0.5) is 5.69 Å². The Morgan fingerprint density at radius 2 is 2.00 bits per heavy atom. The van der Waals surface area contributed by atoms with Gasteiger partial charge in [-0.15, -0.1) is 0 Å². The molecule has 0 bridgehead atoms. The zero-order chi connectivity index (χ0) is 14.8. The number of amides is 1. The monoisotopic (exact) mass is 283 g/mol. The van der Waals surface area contributed by atoms with Crippen LogP contribution in [0.5, 0.6) is 0 Å². The van der Waals surface area contributed by atoms with E-state index >= 15 is 0 Å². The smallest absolute Gasteiger partial charge is 0.227 e. The van der Waals surface area contributed by atoms with Crippen LogP contribution in [0.15, 0.2) is 30.5 Å². The number of carbonyl (C=O) groups is 1. The van der Waals surface area contributed by atoms with Crippen molar-refractivity contribution in [2.45, 2.75) is 38.6 Å². The molecule has 1 fully saturated rings. The number of hydrogen-bond donors (Lipinski definition) is 2. The molecule has 0 aliphatic heterocycles. The molecule has 21 heavy (non-hydrogen) atoms. The molecule has 1 aliphatic rings. The van der Waals surface area contributed by atoms with Gasteiger partial charge in [-0.2, -0.15) is 0 Å². The van der Waals surface area contributed by atoms with Crippen molar-refractivity contribution in [1.82, 2.24) is 4.98 Å². The third-order valence-electron chi connectivity index (χ3n) is 4.37. The van der Waals surface area contributed by atoms with Gasteiger partial charge in [0.1, 0.15) is 0 Å². The summed E-state index contributed by atoms with van der Waals surface area (Å²) in [6, 6.07) is 8.13. The van der Waals surface area contributed by atoms with Crippen LogP contribution in [-0.2, 0) is 4.79 Å². The molecule has 1 aliphatic carbocycles. The Morgan fingerprint density at radius 3 is 2.76 bits per heavy atom. The second-order valence-corrected chi connectivity index (χ2v) is 5.93. The summed E-state index contributed by atoms with van der Waals surface area (Å²) in [5, 5.41) is 4.08. The Labute approximate surface area is 124 Å². The molecule has 1 aromatic heterocycles. The Morgan fingerprint density at radius 1 is 1.24 bits per heavy atom. The van der Waals surface area contributed by atoms with Crippen LogP contribution in [0.2, 0.25) is 0 Å². The van der Waals surface area contributed by atoms with Gasteiger partial charge < -0.3 is 11.1 Å². The van der Waals surface area contributed by atoms with Crippen LogP contribution in [-0.4, -0.2) is 16.9 Å². The number of pyridine rings is 1. The molecule has 4 nitrogen and oxygen atoms in total. The van der Waals surface area contributed by atoms with Crippen LogP contribution < -0.4 is 11.1 Å². The van der Waals surface area contributed by atoms with Gasteiger partial charge in [0.2, 0.25) is 5.91 Å². The summed E-state index contributed by atoms with van der Waals surface area (Å²) >= 11 is 0. The van der Waals surface area contributed by atoms with E-state index in [1.165, 1.54) is 0 Å². The molecule has 0 radical (unpaired) electrons. The molecule has 0 spiro atoms. The summed E-state index contributed by atoms with van der Waals surface area (Å²) in [7, 11) is 0. The molecule has 1 saturated carbocycles. The average molecular weight is 283 g/mol. The van der Waals surface area contributed by atoms with Gasteiger partial charge in [0.15, 0.2) is 0 Å². The van der Waals surface area contributed by atoms with Crippen molar-refractivity contribution in [2.75, 3.05) is 5.32 Å². The summed E-state index contributed by atoms with van der Waals surface area (Å²) in [6.45, 7) is 2.03. The van der Waals surface area contributed by atoms with Crippen molar-refractivity contribution >= 4 is 22.5 Å². The number of fused-ring (bicyclic) bond motifs is 1. The highest BCUT2D eigenvalue weighted by atomic mass is 16.1. The van der Waals surface area contributed by atoms with E-state index in [1.807, 2.05) is 31.2 Å². The molecule has 1 amide bonds. The van der Waals surface area contributed by atoms with Gasteiger partial charge in [0.05, 0.1) is 11.2 Å².